The van der Waals surface area contributed by atoms with Gasteiger partial charge in [-0.3, -0.25) is 0 Å². The molecule has 3 rings (SSSR count). The zero-order chi connectivity index (χ0) is 14.8. The van der Waals surface area contributed by atoms with Crippen molar-refractivity contribution in [1.29, 1.82) is 5.26 Å². The SMILES string of the molecule is Cc1nnc(NC[C@@H]2Cc3ccccc3O2)c(C#N)c1C. The van der Waals surface area contributed by atoms with E-state index in [4.69, 9.17) is 4.74 Å². The molecule has 0 saturated carbocycles. The molecule has 0 spiro atoms. The minimum atomic E-state index is 0.0531. The van der Waals surface area contributed by atoms with Gasteiger partial charge in [0.25, 0.3) is 0 Å². The number of aryl methyl sites for hydroxylation is 1. The monoisotopic (exact) mass is 280 g/mol. The number of nitrogens with one attached hydrogen (secondary N) is 1. The highest BCUT2D eigenvalue weighted by Gasteiger charge is 2.22. The summed E-state index contributed by atoms with van der Waals surface area (Å²) in [5.74, 6) is 1.47. The van der Waals surface area contributed by atoms with Gasteiger partial charge in [0.05, 0.1) is 12.2 Å². The van der Waals surface area contributed by atoms with Crippen LogP contribution in [-0.4, -0.2) is 22.8 Å². The van der Waals surface area contributed by atoms with Gasteiger partial charge in [-0.25, -0.2) is 0 Å². The number of hydrogen-bond acceptors (Lipinski definition) is 5. The van der Waals surface area contributed by atoms with Gasteiger partial charge in [-0.1, -0.05) is 18.2 Å². The van der Waals surface area contributed by atoms with Crippen molar-refractivity contribution in [3.63, 3.8) is 0 Å². The fourth-order valence-electron chi connectivity index (χ4n) is 2.45. The fraction of sp³-hybridized carbons (Fsp3) is 0.312. The van der Waals surface area contributed by atoms with E-state index in [0.29, 0.717) is 17.9 Å². The Balaban J connectivity index is 1.70. The Bertz CT molecular complexity index is 696. The molecule has 1 aliphatic rings. The molecule has 2 aromatic rings. The number of benzene rings is 1. The van der Waals surface area contributed by atoms with Gasteiger partial charge in [0.2, 0.25) is 0 Å². The summed E-state index contributed by atoms with van der Waals surface area (Å²) >= 11 is 0. The Labute approximate surface area is 123 Å². The van der Waals surface area contributed by atoms with Crippen molar-refractivity contribution in [3.8, 4) is 11.8 Å². The van der Waals surface area contributed by atoms with Crippen LogP contribution in [0, 0.1) is 25.2 Å². The quantitative estimate of drug-likeness (QED) is 0.934. The first-order chi connectivity index (χ1) is 10.2. The van der Waals surface area contributed by atoms with Crippen LogP contribution in [0.2, 0.25) is 0 Å². The predicted molar refractivity (Wildman–Crippen MR) is 79.3 cm³/mol. The van der Waals surface area contributed by atoms with E-state index in [1.54, 1.807) is 0 Å². The number of nitriles is 1. The third kappa shape index (κ3) is 2.52. The second-order valence-electron chi connectivity index (χ2n) is 5.18. The Hall–Kier alpha value is -2.61. The van der Waals surface area contributed by atoms with Gasteiger partial charge in [0.1, 0.15) is 23.5 Å². The first kappa shape index (κ1) is 13.4. The maximum atomic E-state index is 9.27. The standard InChI is InChI=1S/C16H16N4O/c1-10-11(2)19-20-16(14(10)8-17)18-9-13-7-12-5-3-4-6-15(12)21-13/h3-6,13H,7,9H2,1-2H3,(H,18,20)/t13-/m0/s1. The van der Waals surface area contributed by atoms with Crippen molar-refractivity contribution in [2.24, 2.45) is 0 Å². The molecule has 5 heteroatoms. The highest BCUT2D eigenvalue weighted by Crippen LogP contribution is 2.28. The van der Waals surface area contributed by atoms with Crippen LogP contribution >= 0.6 is 0 Å². The average Bonchev–Trinajstić information content (AvgIpc) is 2.91. The minimum Gasteiger partial charge on any atom is -0.488 e. The molecule has 5 nitrogen and oxygen atoms in total. The lowest BCUT2D eigenvalue weighted by atomic mass is 10.1. The molecule has 0 saturated heterocycles. The van der Waals surface area contributed by atoms with Crippen molar-refractivity contribution in [3.05, 3.63) is 46.6 Å². The molecule has 2 heterocycles. The van der Waals surface area contributed by atoms with E-state index in [1.807, 2.05) is 32.0 Å². The number of para-hydroxylation sites is 1. The summed E-state index contributed by atoms with van der Waals surface area (Å²) in [6, 6.07) is 10.2. The van der Waals surface area contributed by atoms with Crippen LogP contribution in [-0.2, 0) is 6.42 Å². The van der Waals surface area contributed by atoms with E-state index in [-0.39, 0.29) is 6.10 Å². The van der Waals surface area contributed by atoms with Crippen LogP contribution in [0.4, 0.5) is 5.82 Å². The lowest BCUT2D eigenvalue weighted by Crippen LogP contribution is -2.25. The van der Waals surface area contributed by atoms with Gasteiger partial charge < -0.3 is 10.1 Å². The van der Waals surface area contributed by atoms with Crippen LogP contribution in [0.1, 0.15) is 22.4 Å². The first-order valence-electron chi connectivity index (χ1n) is 6.91. The third-order valence-corrected chi connectivity index (χ3v) is 3.78. The van der Waals surface area contributed by atoms with Crippen molar-refractivity contribution >= 4 is 5.82 Å². The number of aromatic nitrogens is 2. The summed E-state index contributed by atoms with van der Waals surface area (Å²) in [5.41, 5.74) is 3.42. The molecule has 0 bridgehead atoms. The lowest BCUT2D eigenvalue weighted by molar-refractivity contribution is 0.246. The molecule has 1 aromatic heterocycles. The van der Waals surface area contributed by atoms with Gasteiger partial charge in [0, 0.05) is 6.42 Å². The van der Waals surface area contributed by atoms with Crippen molar-refractivity contribution in [2.75, 3.05) is 11.9 Å². The zero-order valence-electron chi connectivity index (χ0n) is 12.1. The van der Waals surface area contributed by atoms with E-state index in [1.165, 1.54) is 5.56 Å². The molecular weight excluding hydrogens is 264 g/mol. The molecule has 1 N–H and O–H groups in total. The third-order valence-electron chi connectivity index (χ3n) is 3.78. The Morgan fingerprint density at radius 1 is 1.33 bits per heavy atom. The summed E-state index contributed by atoms with van der Waals surface area (Å²) in [5, 5.41) is 20.6. The van der Waals surface area contributed by atoms with Crippen LogP contribution in [0.5, 0.6) is 5.75 Å². The van der Waals surface area contributed by atoms with Crippen LogP contribution in [0.3, 0.4) is 0 Å². The molecular formula is C16H16N4O. The van der Waals surface area contributed by atoms with E-state index in [9.17, 15) is 5.26 Å². The summed E-state index contributed by atoms with van der Waals surface area (Å²) in [4.78, 5) is 0. The van der Waals surface area contributed by atoms with Gasteiger partial charge in [-0.15, -0.1) is 5.10 Å². The molecule has 106 valence electrons. The molecule has 0 amide bonds. The van der Waals surface area contributed by atoms with E-state index in [0.717, 1.165) is 23.4 Å². The Morgan fingerprint density at radius 2 is 2.14 bits per heavy atom. The second-order valence-corrected chi connectivity index (χ2v) is 5.18. The predicted octanol–water partition coefficient (Wildman–Crippen LogP) is 2.38. The van der Waals surface area contributed by atoms with Gasteiger partial charge in [-0.2, -0.15) is 10.4 Å². The molecule has 1 aromatic carbocycles. The van der Waals surface area contributed by atoms with Gasteiger partial charge in [-0.05, 0) is 31.0 Å². The Kier molecular flexibility index (Phi) is 3.44. The summed E-state index contributed by atoms with van der Waals surface area (Å²) < 4.78 is 5.86. The largest absolute Gasteiger partial charge is 0.488 e. The topological polar surface area (TPSA) is 70.8 Å². The highest BCUT2D eigenvalue weighted by molar-refractivity contribution is 5.56. The number of nitrogens with zero attached hydrogens (tertiary/aromatic N) is 3. The fourth-order valence-corrected chi connectivity index (χ4v) is 2.45. The van der Waals surface area contributed by atoms with Crippen LogP contribution < -0.4 is 10.1 Å². The van der Waals surface area contributed by atoms with E-state index >= 15 is 0 Å². The van der Waals surface area contributed by atoms with Gasteiger partial charge >= 0.3 is 0 Å². The summed E-state index contributed by atoms with van der Waals surface area (Å²) in [6.45, 7) is 4.33. The molecule has 0 radical (unpaired) electrons. The molecule has 1 aliphatic heterocycles. The maximum absolute atomic E-state index is 9.27. The van der Waals surface area contributed by atoms with Crippen LogP contribution in [0.25, 0.3) is 0 Å². The van der Waals surface area contributed by atoms with Crippen molar-refractivity contribution < 1.29 is 4.74 Å². The van der Waals surface area contributed by atoms with Crippen molar-refractivity contribution in [1.82, 2.24) is 10.2 Å². The van der Waals surface area contributed by atoms with Gasteiger partial charge in [0.15, 0.2) is 5.82 Å². The lowest BCUT2D eigenvalue weighted by Gasteiger charge is -2.13. The number of rotatable bonds is 3. The molecule has 1 atom stereocenters. The summed E-state index contributed by atoms with van der Waals surface area (Å²) in [7, 11) is 0. The molecule has 0 aliphatic carbocycles. The smallest absolute Gasteiger partial charge is 0.167 e. The zero-order valence-corrected chi connectivity index (χ0v) is 12.1. The van der Waals surface area contributed by atoms with Crippen LogP contribution in [0.15, 0.2) is 24.3 Å². The van der Waals surface area contributed by atoms with Crippen molar-refractivity contribution in [2.45, 2.75) is 26.4 Å². The number of ether oxygens (including phenoxy) is 1. The highest BCUT2D eigenvalue weighted by atomic mass is 16.5. The van der Waals surface area contributed by atoms with E-state index in [2.05, 4.69) is 27.6 Å². The first-order valence-corrected chi connectivity index (χ1v) is 6.91. The molecule has 0 unspecified atom stereocenters. The minimum absolute atomic E-state index is 0.0531. The number of hydrogen-bond donors (Lipinski definition) is 1. The van der Waals surface area contributed by atoms with E-state index < -0.39 is 0 Å². The molecule has 0 fully saturated rings. The normalized spacial score (nSPS) is 16.0. The number of anilines is 1. The molecule has 21 heavy (non-hydrogen) atoms. The Morgan fingerprint density at radius 3 is 2.90 bits per heavy atom. The maximum Gasteiger partial charge on any atom is 0.167 e. The number of fused-ring (bicyclic) bond motifs is 1. The second kappa shape index (κ2) is 5.41. The summed E-state index contributed by atoms with van der Waals surface area (Å²) in [6.07, 6.45) is 0.918. The average molecular weight is 280 g/mol.